The van der Waals surface area contributed by atoms with Crippen molar-refractivity contribution in [3.8, 4) is 0 Å². The van der Waals surface area contributed by atoms with Gasteiger partial charge < -0.3 is 14.6 Å². The van der Waals surface area contributed by atoms with Crippen molar-refractivity contribution >= 4 is 17.3 Å². The summed E-state index contributed by atoms with van der Waals surface area (Å²) >= 11 is 6.03. The molecule has 2 aromatic rings. The molecule has 2 aromatic heterocycles. The lowest BCUT2D eigenvalue weighted by molar-refractivity contribution is 0.182. The van der Waals surface area contributed by atoms with Gasteiger partial charge in [-0.2, -0.15) is 5.10 Å². The Balaban J connectivity index is 2.09. The molecule has 20 heavy (non-hydrogen) atoms. The van der Waals surface area contributed by atoms with E-state index in [-0.39, 0.29) is 10.6 Å². The molecular weight excluding hydrogens is 284 g/mol. The lowest BCUT2D eigenvalue weighted by Gasteiger charge is -2.08. The number of methoxy groups -OCH3 is 1. The minimum Gasteiger partial charge on any atom is -0.383 e. The predicted molar refractivity (Wildman–Crippen MR) is 73.9 cm³/mol. The number of ether oxygens (including phenoxy) is 1. The van der Waals surface area contributed by atoms with Gasteiger partial charge in [-0.25, -0.2) is 4.68 Å². The number of aryl methyl sites for hydroxylation is 1. The van der Waals surface area contributed by atoms with Gasteiger partial charge in [-0.1, -0.05) is 16.8 Å². The highest BCUT2D eigenvalue weighted by Crippen LogP contribution is 2.16. The van der Waals surface area contributed by atoms with Crippen LogP contribution in [0.1, 0.15) is 11.5 Å². The molecule has 0 fully saturated rings. The SMILES string of the molecule is COCCn1ncc(NCc2cc(C)no2)c(Cl)c1=O. The lowest BCUT2D eigenvalue weighted by atomic mass is 10.3. The smallest absolute Gasteiger partial charge is 0.287 e. The summed E-state index contributed by atoms with van der Waals surface area (Å²) in [6.07, 6.45) is 1.50. The molecule has 0 saturated heterocycles. The largest absolute Gasteiger partial charge is 0.383 e. The molecule has 7 nitrogen and oxygen atoms in total. The summed E-state index contributed by atoms with van der Waals surface area (Å²) in [6, 6.07) is 1.80. The topological polar surface area (TPSA) is 82.2 Å². The second kappa shape index (κ2) is 6.53. The number of hydrogen-bond donors (Lipinski definition) is 1. The average molecular weight is 299 g/mol. The minimum atomic E-state index is -0.359. The van der Waals surface area contributed by atoms with Crippen molar-refractivity contribution in [1.82, 2.24) is 14.9 Å². The molecule has 0 unspecified atom stereocenters. The number of halogens is 1. The lowest BCUT2D eigenvalue weighted by Crippen LogP contribution is -2.26. The van der Waals surface area contributed by atoms with E-state index in [2.05, 4.69) is 15.6 Å². The van der Waals surface area contributed by atoms with Gasteiger partial charge in [0.05, 0.1) is 37.3 Å². The summed E-state index contributed by atoms with van der Waals surface area (Å²) in [7, 11) is 1.56. The van der Waals surface area contributed by atoms with Crippen LogP contribution in [0.25, 0.3) is 0 Å². The van der Waals surface area contributed by atoms with Crippen molar-refractivity contribution in [3.05, 3.63) is 39.1 Å². The highest BCUT2D eigenvalue weighted by Gasteiger charge is 2.10. The van der Waals surface area contributed by atoms with Crippen LogP contribution in [-0.4, -0.2) is 28.7 Å². The maximum absolute atomic E-state index is 11.9. The second-order valence-electron chi connectivity index (χ2n) is 4.18. The number of hydrogen-bond acceptors (Lipinski definition) is 6. The Morgan fingerprint density at radius 3 is 3.00 bits per heavy atom. The van der Waals surface area contributed by atoms with Crippen molar-refractivity contribution in [2.45, 2.75) is 20.0 Å². The van der Waals surface area contributed by atoms with Crippen molar-refractivity contribution in [1.29, 1.82) is 0 Å². The van der Waals surface area contributed by atoms with Crippen LogP contribution in [0.5, 0.6) is 0 Å². The fourth-order valence-corrected chi connectivity index (χ4v) is 1.82. The number of nitrogens with one attached hydrogen (secondary N) is 1. The number of rotatable bonds is 6. The molecule has 2 rings (SSSR count). The molecule has 0 radical (unpaired) electrons. The molecule has 2 heterocycles. The molecule has 0 bridgehead atoms. The number of nitrogens with zero attached hydrogens (tertiary/aromatic N) is 3. The molecule has 1 N–H and O–H groups in total. The van der Waals surface area contributed by atoms with E-state index in [0.717, 1.165) is 5.69 Å². The highest BCUT2D eigenvalue weighted by molar-refractivity contribution is 6.32. The van der Waals surface area contributed by atoms with E-state index in [4.69, 9.17) is 20.9 Å². The first-order chi connectivity index (χ1) is 9.61. The van der Waals surface area contributed by atoms with Gasteiger partial charge in [-0.3, -0.25) is 4.79 Å². The first-order valence-electron chi connectivity index (χ1n) is 6.02. The van der Waals surface area contributed by atoms with E-state index in [1.807, 2.05) is 6.92 Å². The molecule has 0 aliphatic carbocycles. The van der Waals surface area contributed by atoms with Gasteiger partial charge in [0, 0.05) is 13.2 Å². The maximum Gasteiger partial charge on any atom is 0.287 e. The summed E-state index contributed by atoms with van der Waals surface area (Å²) in [5.74, 6) is 0.655. The summed E-state index contributed by atoms with van der Waals surface area (Å²) < 4.78 is 11.2. The molecule has 108 valence electrons. The van der Waals surface area contributed by atoms with Crippen LogP contribution in [-0.2, 0) is 17.8 Å². The molecule has 0 aromatic carbocycles. The van der Waals surface area contributed by atoms with Crippen LogP contribution >= 0.6 is 11.6 Å². The van der Waals surface area contributed by atoms with E-state index < -0.39 is 0 Å². The van der Waals surface area contributed by atoms with Gasteiger partial charge in [0.1, 0.15) is 5.02 Å². The monoisotopic (exact) mass is 298 g/mol. The fourth-order valence-electron chi connectivity index (χ4n) is 1.61. The number of aromatic nitrogens is 3. The molecule has 0 spiro atoms. The first-order valence-corrected chi connectivity index (χ1v) is 6.40. The van der Waals surface area contributed by atoms with Crippen molar-refractivity contribution < 1.29 is 9.26 Å². The summed E-state index contributed by atoms with van der Waals surface area (Å²) in [5, 5.41) is 10.9. The Hall–Kier alpha value is -1.86. The zero-order chi connectivity index (χ0) is 14.5. The summed E-state index contributed by atoms with van der Waals surface area (Å²) in [5.41, 5.74) is 0.892. The summed E-state index contributed by atoms with van der Waals surface area (Å²) in [6.45, 7) is 2.96. The van der Waals surface area contributed by atoms with Crippen LogP contribution in [0, 0.1) is 6.92 Å². The van der Waals surface area contributed by atoms with Crippen molar-refractivity contribution in [2.24, 2.45) is 0 Å². The molecule has 8 heteroatoms. The first kappa shape index (κ1) is 14.5. The third kappa shape index (κ3) is 3.37. The highest BCUT2D eigenvalue weighted by atomic mass is 35.5. The second-order valence-corrected chi connectivity index (χ2v) is 4.56. The zero-order valence-electron chi connectivity index (χ0n) is 11.2. The van der Waals surface area contributed by atoms with E-state index in [1.54, 1.807) is 13.2 Å². The van der Waals surface area contributed by atoms with Crippen molar-refractivity contribution in [2.75, 3.05) is 19.0 Å². The molecule has 0 aliphatic rings. The standard InChI is InChI=1S/C12H15ClN4O3/c1-8-5-9(20-16-8)6-14-10-7-15-17(3-4-19-2)12(18)11(10)13/h5,7,14H,3-4,6H2,1-2H3. The van der Waals surface area contributed by atoms with Crippen molar-refractivity contribution in [3.63, 3.8) is 0 Å². The summed E-state index contributed by atoms with van der Waals surface area (Å²) in [4.78, 5) is 11.9. The van der Waals surface area contributed by atoms with Gasteiger partial charge in [0.25, 0.3) is 5.56 Å². The van der Waals surface area contributed by atoms with Gasteiger partial charge >= 0.3 is 0 Å². The molecular formula is C12H15ClN4O3. The van der Waals surface area contributed by atoms with Crippen LogP contribution in [0.4, 0.5) is 5.69 Å². The Morgan fingerprint density at radius 2 is 2.35 bits per heavy atom. The minimum absolute atomic E-state index is 0.0901. The Bertz CT molecular complexity index is 638. The van der Waals surface area contributed by atoms with Gasteiger partial charge in [-0.15, -0.1) is 0 Å². The predicted octanol–water partition coefficient (Wildman–Crippen LogP) is 1.45. The molecule has 0 saturated carbocycles. The Kier molecular flexibility index (Phi) is 4.75. The quantitative estimate of drug-likeness (QED) is 0.869. The Morgan fingerprint density at radius 1 is 1.55 bits per heavy atom. The van der Waals surface area contributed by atoms with E-state index in [1.165, 1.54) is 10.9 Å². The maximum atomic E-state index is 11.9. The van der Waals surface area contributed by atoms with Gasteiger partial charge in [0.15, 0.2) is 5.76 Å². The normalized spacial score (nSPS) is 10.8. The number of anilines is 1. The third-order valence-electron chi connectivity index (χ3n) is 2.62. The van der Waals surface area contributed by atoms with E-state index in [0.29, 0.717) is 31.1 Å². The molecule has 0 aliphatic heterocycles. The van der Waals surface area contributed by atoms with Gasteiger partial charge in [0.2, 0.25) is 0 Å². The van der Waals surface area contributed by atoms with E-state index in [9.17, 15) is 4.79 Å². The molecule has 0 amide bonds. The van der Waals surface area contributed by atoms with Crippen LogP contribution in [0.2, 0.25) is 5.02 Å². The molecule has 0 atom stereocenters. The fraction of sp³-hybridized carbons (Fsp3) is 0.417. The van der Waals surface area contributed by atoms with E-state index >= 15 is 0 Å². The van der Waals surface area contributed by atoms with Crippen LogP contribution in [0.15, 0.2) is 21.6 Å². The Labute approximate surface area is 120 Å². The average Bonchev–Trinajstić information content (AvgIpc) is 2.85. The third-order valence-corrected chi connectivity index (χ3v) is 2.99. The van der Waals surface area contributed by atoms with Gasteiger partial charge in [-0.05, 0) is 6.92 Å². The van der Waals surface area contributed by atoms with Crippen LogP contribution < -0.4 is 10.9 Å². The zero-order valence-corrected chi connectivity index (χ0v) is 12.0. The van der Waals surface area contributed by atoms with Crippen LogP contribution in [0.3, 0.4) is 0 Å².